The number of rotatable bonds is 7. The minimum absolute atomic E-state index is 0.0627. The molecule has 0 bridgehead atoms. The molecule has 0 fully saturated rings. The number of amides is 2. The van der Waals surface area contributed by atoms with Gasteiger partial charge in [0.05, 0.1) is 6.42 Å². The molecule has 1 unspecified atom stereocenters. The van der Waals surface area contributed by atoms with E-state index in [2.05, 4.69) is 20.8 Å². The Morgan fingerprint density at radius 2 is 1.70 bits per heavy atom. The van der Waals surface area contributed by atoms with Gasteiger partial charge in [0.15, 0.2) is 0 Å². The number of aromatic nitrogens is 2. The van der Waals surface area contributed by atoms with Gasteiger partial charge in [0.1, 0.15) is 16.9 Å². The number of hydrogen-bond donors (Lipinski definition) is 2. The summed E-state index contributed by atoms with van der Waals surface area (Å²) in [6.07, 6.45) is 0.0627. The molecule has 2 aromatic carbocycles. The summed E-state index contributed by atoms with van der Waals surface area (Å²) in [7, 11) is 0. The number of halogens is 1. The quantitative estimate of drug-likeness (QED) is 0.599. The van der Waals surface area contributed by atoms with Gasteiger partial charge in [-0.25, -0.2) is 4.39 Å². The third kappa shape index (κ3) is 5.70. The molecular formula is C22H23FN4O2S. The van der Waals surface area contributed by atoms with Gasteiger partial charge in [-0.15, -0.1) is 10.2 Å². The Morgan fingerprint density at radius 3 is 2.33 bits per heavy atom. The first kappa shape index (κ1) is 21.6. The molecule has 1 aromatic heterocycles. The zero-order valence-corrected chi connectivity index (χ0v) is 17.8. The van der Waals surface area contributed by atoms with Crippen LogP contribution >= 0.6 is 11.3 Å². The second-order valence-electron chi connectivity index (χ2n) is 7.36. The van der Waals surface area contributed by atoms with Crippen molar-refractivity contribution in [3.8, 4) is 10.6 Å². The third-order valence-corrected chi connectivity index (χ3v) is 5.38. The van der Waals surface area contributed by atoms with E-state index in [4.69, 9.17) is 0 Å². The van der Waals surface area contributed by atoms with Crippen LogP contribution in [0.1, 0.15) is 25.0 Å². The van der Waals surface area contributed by atoms with E-state index in [0.717, 1.165) is 11.1 Å². The first-order valence-electron chi connectivity index (χ1n) is 9.57. The van der Waals surface area contributed by atoms with E-state index in [0.29, 0.717) is 15.7 Å². The van der Waals surface area contributed by atoms with E-state index in [-0.39, 0.29) is 30.0 Å². The zero-order valence-electron chi connectivity index (χ0n) is 17.0. The van der Waals surface area contributed by atoms with Crippen LogP contribution in [0.15, 0.2) is 48.5 Å². The number of carbonyl (C=O) groups is 2. The highest BCUT2D eigenvalue weighted by Crippen LogP contribution is 2.26. The van der Waals surface area contributed by atoms with Crippen molar-refractivity contribution < 1.29 is 14.0 Å². The Bertz CT molecular complexity index is 1020. The van der Waals surface area contributed by atoms with E-state index in [9.17, 15) is 14.0 Å². The Kier molecular flexibility index (Phi) is 6.89. The number of anilines is 1. The molecule has 1 heterocycles. The maximum absolute atomic E-state index is 13.0. The van der Waals surface area contributed by atoms with Crippen LogP contribution in [0.2, 0.25) is 0 Å². The molecular weight excluding hydrogens is 403 g/mol. The van der Waals surface area contributed by atoms with Crippen LogP contribution in [-0.4, -0.2) is 28.1 Å². The topological polar surface area (TPSA) is 84.0 Å². The van der Waals surface area contributed by atoms with Crippen LogP contribution in [0.3, 0.4) is 0 Å². The predicted molar refractivity (Wildman–Crippen MR) is 116 cm³/mol. The summed E-state index contributed by atoms with van der Waals surface area (Å²) in [6, 6.07) is 12.8. The van der Waals surface area contributed by atoms with Gasteiger partial charge >= 0.3 is 0 Å². The molecule has 0 spiro atoms. The van der Waals surface area contributed by atoms with Gasteiger partial charge < -0.3 is 5.32 Å². The molecule has 0 aliphatic carbocycles. The Morgan fingerprint density at radius 1 is 1.03 bits per heavy atom. The minimum Gasteiger partial charge on any atom is -0.344 e. The number of carbonyl (C=O) groups excluding carboxylic acids is 2. The maximum atomic E-state index is 13.0. The van der Waals surface area contributed by atoms with Crippen molar-refractivity contribution in [2.24, 2.45) is 5.92 Å². The number of hydrogen-bond acceptors (Lipinski definition) is 5. The van der Waals surface area contributed by atoms with E-state index in [1.807, 2.05) is 45.0 Å². The third-order valence-electron chi connectivity index (χ3n) is 4.50. The van der Waals surface area contributed by atoms with Gasteiger partial charge in [-0.1, -0.05) is 67.1 Å². The highest BCUT2D eigenvalue weighted by Gasteiger charge is 2.25. The lowest BCUT2D eigenvalue weighted by atomic mass is 10.0. The largest absolute Gasteiger partial charge is 0.344 e. The maximum Gasteiger partial charge on any atom is 0.249 e. The second kappa shape index (κ2) is 9.58. The fraction of sp³-hybridized carbons (Fsp3) is 0.273. The van der Waals surface area contributed by atoms with Gasteiger partial charge in [-0.05, 0) is 30.5 Å². The molecule has 6 nitrogen and oxygen atoms in total. The van der Waals surface area contributed by atoms with E-state index in [1.165, 1.54) is 23.5 Å². The lowest BCUT2D eigenvalue weighted by molar-refractivity contribution is -0.127. The summed E-state index contributed by atoms with van der Waals surface area (Å²) >= 11 is 1.27. The number of benzene rings is 2. The molecule has 1 atom stereocenters. The first-order chi connectivity index (χ1) is 14.3. The molecule has 0 aliphatic rings. The van der Waals surface area contributed by atoms with Crippen molar-refractivity contribution >= 4 is 28.3 Å². The fourth-order valence-electron chi connectivity index (χ4n) is 2.82. The Balaban J connectivity index is 1.63. The number of nitrogens with one attached hydrogen (secondary N) is 2. The van der Waals surface area contributed by atoms with E-state index < -0.39 is 6.04 Å². The van der Waals surface area contributed by atoms with Crippen molar-refractivity contribution in [2.45, 2.75) is 33.2 Å². The van der Waals surface area contributed by atoms with Crippen molar-refractivity contribution in [1.29, 1.82) is 0 Å². The smallest absolute Gasteiger partial charge is 0.249 e. The van der Waals surface area contributed by atoms with Crippen LogP contribution in [0.5, 0.6) is 0 Å². The van der Waals surface area contributed by atoms with Crippen LogP contribution in [0, 0.1) is 18.7 Å². The molecule has 2 N–H and O–H groups in total. The van der Waals surface area contributed by atoms with E-state index >= 15 is 0 Å². The molecule has 3 rings (SSSR count). The molecule has 3 aromatic rings. The minimum atomic E-state index is -0.732. The summed E-state index contributed by atoms with van der Waals surface area (Å²) in [5.41, 5.74) is 2.74. The van der Waals surface area contributed by atoms with Crippen LogP contribution in [0.25, 0.3) is 10.6 Å². The summed E-state index contributed by atoms with van der Waals surface area (Å²) in [5, 5.41) is 14.7. The fourth-order valence-corrected chi connectivity index (χ4v) is 3.57. The molecule has 30 heavy (non-hydrogen) atoms. The van der Waals surface area contributed by atoms with Crippen molar-refractivity contribution in [1.82, 2.24) is 15.5 Å². The molecule has 0 aliphatic heterocycles. The first-order valence-corrected chi connectivity index (χ1v) is 10.4. The lowest BCUT2D eigenvalue weighted by Crippen LogP contribution is -2.47. The molecule has 8 heteroatoms. The summed E-state index contributed by atoms with van der Waals surface area (Å²) in [4.78, 5) is 25.1. The van der Waals surface area contributed by atoms with Gasteiger partial charge in [-0.3, -0.25) is 14.9 Å². The predicted octanol–water partition coefficient (Wildman–Crippen LogP) is 3.97. The van der Waals surface area contributed by atoms with Gasteiger partial charge in [-0.2, -0.15) is 0 Å². The highest BCUT2D eigenvalue weighted by atomic mass is 32.1. The van der Waals surface area contributed by atoms with Crippen LogP contribution < -0.4 is 10.6 Å². The Labute approximate surface area is 178 Å². The van der Waals surface area contributed by atoms with Crippen molar-refractivity contribution in [2.75, 3.05) is 5.32 Å². The zero-order chi connectivity index (χ0) is 21.7. The van der Waals surface area contributed by atoms with Crippen molar-refractivity contribution in [3.05, 3.63) is 65.5 Å². The van der Waals surface area contributed by atoms with E-state index in [1.54, 1.807) is 12.1 Å². The summed E-state index contributed by atoms with van der Waals surface area (Å²) in [6.45, 7) is 5.70. The normalized spacial score (nSPS) is 11.9. The second-order valence-corrected chi connectivity index (χ2v) is 8.34. The monoisotopic (exact) mass is 426 g/mol. The molecule has 0 saturated carbocycles. The standard InChI is InChI=1S/C22H23FN4O2S/c1-13(2)19(24-18(28)12-15-6-10-17(23)11-7-15)20(29)25-22-27-26-21(30-22)16-8-4-14(3)5-9-16/h4-11,13,19H,12H2,1-3H3,(H,24,28)(H,25,27,29). The van der Waals surface area contributed by atoms with Gasteiger partial charge in [0, 0.05) is 5.56 Å². The number of nitrogens with zero attached hydrogens (tertiary/aromatic N) is 2. The van der Waals surface area contributed by atoms with Crippen LogP contribution in [-0.2, 0) is 16.0 Å². The average Bonchev–Trinajstić information content (AvgIpc) is 3.16. The summed E-state index contributed by atoms with van der Waals surface area (Å²) in [5.74, 6) is -1.16. The molecule has 0 saturated heterocycles. The lowest BCUT2D eigenvalue weighted by Gasteiger charge is -2.21. The molecule has 156 valence electrons. The van der Waals surface area contributed by atoms with Crippen LogP contribution in [0.4, 0.5) is 9.52 Å². The SMILES string of the molecule is Cc1ccc(-c2nnc(NC(=O)C(NC(=O)Cc3ccc(F)cc3)C(C)C)s2)cc1. The highest BCUT2D eigenvalue weighted by molar-refractivity contribution is 7.18. The summed E-state index contributed by atoms with van der Waals surface area (Å²) < 4.78 is 13.0. The van der Waals surface area contributed by atoms with Gasteiger partial charge in [0.25, 0.3) is 0 Å². The molecule has 0 radical (unpaired) electrons. The number of aryl methyl sites for hydroxylation is 1. The Hall–Kier alpha value is -3.13. The average molecular weight is 427 g/mol. The molecule has 2 amide bonds. The van der Waals surface area contributed by atoms with Gasteiger partial charge in [0.2, 0.25) is 16.9 Å². The van der Waals surface area contributed by atoms with Crippen molar-refractivity contribution in [3.63, 3.8) is 0 Å².